The number of nitrogens with zero attached hydrogens (tertiary/aromatic N) is 3. The molecule has 2 saturated heterocycles. The summed E-state index contributed by atoms with van der Waals surface area (Å²) in [6, 6.07) is 1.37. The first-order valence-electron chi connectivity index (χ1n) is 6.49. The lowest BCUT2D eigenvalue weighted by Gasteiger charge is -2.42. The predicted molar refractivity (Wildman–Crippen MR) is 67.8 cm³/mol. The third kappa shape index (κ3) is 3.17. The first-order chi connectivity index (χ1) is 7.65. The zero-order valence-corrected chi connectivity index (χ0v) is 10.9. The van der Waals surface area contributed by atoms with Crippen molar-refractivity contribution in [1.82, 2.24) is 20.0 Å². The molecule has 16 heavy (non-hydrogen) atoms. The SMILES string of the molecule is CC1CN(CC2CN(C)CCN2C)CCN1. The summed E-state index contributed by atoms with van der Waals surface area (Å²) in [7, 11) is 4.50. The number of likely N-dealkylation sites (N-methyl/N-ethyl adjacent to an activating group) is 2. The third-order valence-corrected chi connectivity index (χ3v) is 3.90. The van der Waals surface area contributed by atoms with Crippen LogP contribution in [0, 0.1) is 0 Å². The van der Waals surface area contributed by atoms with Gasteiger partial charge in [0.2, 0.25) is 0 Å². The van der Waals surface area contributed by atoms with Crippen LogP contribution in [0.1, 0.15) is 6.92 Å². The zero-order valence-electron chi connectivity index (χ0n) is 10.9. The van der Waals surface area contributed by atoms with Crippen molar-refractivity contribution in [2.75, 3.05) is 59.9 Å². The summed E-state index contributed by atoms with van der Waals surface area (Å²) in [5.74, 6) is 0. The second-order valence-corrected chi connectivity index (χ2v) is 5.51. The maximum Gasteiger partial charge on any atom is 0.0347 e. The third-order valence-electron chi connectivity index (χ3n) is 3.90. The quantitative estimate of drug-likeness (QED) is 0.687. The Kier molecular flexibility index (Phi) is 4.19. The van der Waals surface area contributed by atoms with Gasteiger partial charge in [0.25, 0.3) is 0 Å². The van der Waals surface area contributed by atoms with Crippen molar-refractivity contribution in [3.05, 3.63) is 0 Å². The number of rotatable bonds is 2. The molecule has 1 N–H and O–H groups in total. The smallest absolute Gasteiger partial charge is 0.0347 e. The molecule has 2 fully saturated rings. The van der Waals surface area contributed by atoms with E-state index in [-0.39, 0.29) is 0 Å². The van der Waals surface area contributed by atoms with E-state index in [0.29, 0.717) is 12.1 Å². The van der Waals surface area contributed by atoms with Gasteiger partial charge in [0.15, 0.2) is 0 Å². The summed E-state index contributed by atoms with van der Waals surface area (Å²) in [5, 5.41) is 3.50. The average molecular weight is 226 g/mol. The molecule has 0 aromatic carbocycles. The van der Waals surface area contributed by atoms with E-state index >= 15 is 0 Å². The molecule has 2 unspecified atom stereocenters. The van der Waals surface area contributed by atoms with Crippen molar-refractivity contribution in [3.8, 4) is 0 Å². The second-order valence-electron chi connectivity index (χ2n) is 5.51. The van der Waals surface area contributed by atoms with Gasteiger partial charge in [0.05, 0.1) is 0 Å². The van der Waals surface area contributed by atoms with Gasteiger partial charge in [-0.1, -0.05) is 0 Å². The molecule has 0 bridgehead atoms. The van der Waals surface area contributed by atoms with Crippen LogP contribution in [0.3, 0.4) is 0 Å². The molecule has 0 spiro atoms. The van der Waals surface area contributed by atoms with Crippen LogP contribution in [0.4, 0.5) is 0 Å². The topological polar surface area (TPSA) is 21.8 Å². The van der Waals surface area contributed by atoms with Crippen LogP contribution in [-0.4, -0.2) is 86.7 Å². The first kappa shape index (κ1) is 12.3. The first-order valence-corrected chi connectivity index (χ1v) is 6.49. The van der Waals surface area contributed by atoms with Gasteiger partial charge in [0, 0.05) is 57.9 Å². The number of nitrogens with one attached hydrogen (secondary N) is 1. The summed E-state index contributed by atoms with van der Waals surface area (Å²) in [5.41, 5.74) is 0. The molecular formula is C12H26N4. The van der Waals surface area contributed by atoms with Crippen molar-refractivity contribution in [1.29, 1.82) is 0 Å². The number of hydrogen-bond donors (Lipinski definition) is 1. The van der Waals surface area contributed by atoms with E-state index in [1.54, 1.807) is 0 Å². The molecule has 0 aromatic heterocycles. The van der Waals surface area contributed by atoms with E-state index in [1.165, 1.54) is 39.3 Å². The van der Waals surface area contributed by atoms with Crippen LogP contribution in [-0.2, 0) is 0 Å². The van der Waals surface area contributed by atoms with Gasteiger partial charge in [-0.05, 0) is 21.0 Å². The van der Waals surface area contributed by atoms with E-state index in [2.05, 4.69) is 41.0 Å². The highest BCUT2D eigenvalue weighted by molar-refractivity contribution is 4.84. The molecule has 2 aliphatic rings. The fraction of sp³-hybridized carbons (Fsp3) is 1.00. The normalized spacial score (nSPS) is 35.4. The highest BCUT2D eigenvalue weighted by atomic mass is 15.3. The van der Waals surface area contributed by atoms with E-state index in [0.717, 1.165) is 6.54 Å². The standard InChI is InChI=1S/C12H26N4/c1-11-8-16(5-4-13-11)10-12-9-14(2)6-7-15(12)3/h11-13H,4-10H2,1-3H3. The van der Waals surface area contributed by atoms with Crippen molar-refractivity contribution >= 4 is 0 Å². The van der Waals surface area contributed by atoms with Gasteiger partial charge in [-0.3, -0.25) is 9.80 Å². The number of piperazine rings is 2. The Morgan fingerprint density at radius 2 is 1.94 bits per heavy atom. The Balaban J connectivity index is 1.82. The molecule has 4 nitrogen and oxygen atoms in total. The highest BCUT2D eigenvalue weighted by Gasteiger charge is 2.25. The Morgan fingerprint density at radius 3 is 2.69 bits per heavy atom. The Morgan fingerprint density at radius 1 is 1.12 bits per heavy atom. The Hall–Kier alpha value is -0.160. The molecule has 2 aliphatic heterocycles. The predicted octanol–water partition coefficient (Wildman–Crippen LogP) is -0.474. The Bertz CT molecular complexity index is 221. The minimum Gasteiger partial charge on any atom is -0.312 e. The van der Waals surface area contributed by atoms with Crippen LogP contribution in [0.5, 0.6) is 0 Å². The molecule has 0 amide bonds. The maximum absolute atomic E-state index is 3.50. The highest BCUT2D eigenvalue weighted by Crippen LogP contribution is 2.09. The molecule has 2 rings (SSSR count). The second kappa shape index (κ2) is 5.45. The van der Waals surface area contributed by atoms with Gasteiger partial charge >= 0.3 is 0 Å². The lowest BCUT2D eigenvalue weighted by Crippen LogP contribution is -2.58. The molecule has 4 heteroatoms. The van der Waals surface area contributed by atoms with Crippen LogP contribution >= 0.6 is 0 Å². The summed E-state index contributed by atoms with van der Waals surface area (Å²) >= 11 is 0. The van der Waals surface area contributed by atoms with Gasteiger partial charge in [0.1, 0.15) is 0 Å². The summed E-state index contributed by atoms with van der Waals surface area (Å²) < 4.78 is 0. The van der Waals surface area contributed by atoms with Crippen LogP contribution < -0.4 is 5.32 Å². The van der Waals surface area contributed by atoms with E-state index in [1.807, 2.05) is 0 Å². The van der Waals surface area contributed by atoms with E-state index in [4.69, 9.17) is 0 Å². The summed E-state index contributed by atoms with van der Waals surface area (Å²) in [4.78, 5) is 7.59. The maximum atomic E-state index is 3.50. The van der Waals surface area contributed by atoms with Gasteiger partial charge in [-0.2, -0.15) is 0 Å². The molecule has 94 valence electrons. The Labute approximate surface area is 99.6 Å². The van der Waals surface area contributed by atoms with E-state index in [9.17, 15) is 0 Å². The molecule has 0 aliphatic carbocycles. The van der Waals surface area contributed by atoms with Gasteiger partial charge in [-0.15, -0.1) is 0 Å². The van der Waals surface area contributed by atoms with Crippen molar-refractivity contribution in [3.63, 3.8) is 0 Å². The molecule has 2 atom stereocenters. The molecular weight excluding hydrogens is 200 g/mol. The fourth-order valence-electron chi connectivity index (χ4n) is 2.77. The fourth-order valence-corrected chi connectivity index (χ4v) is 2.77. The van der Waals surface area contributed by atoms with Crippen molar-refractivity contribution in [2.24, 2.45) is 0 Å². The lowest BCUT2D eigenvalue weighted by molar-refractivity contribution is 0.0734. The minimum atomic E-state index is 0.653. The average Bonchev–Trinajstić information content (AvgIpc) is 2.24. The van der Waals surface area contributed by atoms with Crippen molar-refractivity contribution < 1.29 is 0 Å². The monoisotopic (exact) mass is 226 g/mol. The molecule has 0 aromatic rings. The number of hydrogen-bond acceptors (Lipinski definition) is 4. The van der Waals surface area contributed by atoms with E-state index < -0.39 is 0 Å². The largest absolute Gasteiger partial charge is 0.312 e. The molecule has 2 heterocycles. The summed E-state index contributed by atoms with van der Waals surface area (Å²) in [6.45, 7) is 10.7. The van der Waals surface area contributed by atoms with Crippen LogP contribution in [0.25, 0.3) is 0 Å². The van der Waals surface area contributed by atoms with Crippen molar-refractivity contribution in [2.45, 2.75) is 19.0 Å². The molecule has 0 radical (unpaired) electrons. The van der Waals surface area contributed by atoms with Crippen LogP contribution in [0.2, 0.25) is 0 Å². The zero-order chi connectivity index (χ0) is 11.5. The van der Waals surface area contributed by atoms with Crippen LogP contribution in [0.15, 0.2) is 0 Å². The minimum absolute atomic E-state index is 0.653. The van der Waals surface area contributed by atoms with Gasteiger partial charge < -0.3 is 10.2 Å². The lowest BCUT2D eigenvalue weighted by atomic mass is 10.1. The van der Waals surface area contributed by atoms with Gasteiger partial charge in [-0.25, -0.2) is 0 Å². The summed E-state index contributed by atoms with van der Waals surface area (Å²) in [6.07, 6.45) is 0. The molecule has 0 saturated carbocycles.